The SMILES string of the molecule is C[Si-]12(C[n+]3c(Cl)cccc3O1)C[n+]1c(Cl)cccc1O2.O.O=c1cccc(Cl)[nH]1.[Cl-]. The molecular formula is C18H19Cl4N3O4Si. The predicted molar refractivity (Wildman–Crippen MR) is 112 cm³/mol. The van der Waals surface area contributed by atoms with Gasteiger partial charge < -0.3 is 22.9 Å². The summed E-state index contributed by atoms with van der Waals surface area (Å²) in [5.74, 6) is 1.52. The summed E-state index contributed by atoms with van der Waals surface area (Å²) in [4.78, 5) is 12.7. The van der Waals surface area contributed by atoms with Crippen molar-refractivity contribution in [2.75, 3.05) is 0 Å². The van der Waals surface area contributed by atoms with Crippen molar-refractivity contribution in [3.05, 3.63) is 80.4 Å². The van der Waals surface area contributed by atoms with E-state index in [1.165, 1.54) is 6.07 Å². The van der Waals surface area contributed by atoms with E-state index >= 15 is 0 Å². The van der Waals surface area contributed by atoms with Crippen molar-refractivity contribution in [1.29, 1.82) is 0 Å². The molecular weight excluding hydrogens is 492 g/mol. The van der Waals surface area contributed by atoms with Crippen LogP contribution in [0.1, 0.15) is 0 Å². The Labute approximate surface area is 194 Å². The van der Waals surface area contributed by atoms with Crippen LogP contribution in [0, 0.1) is 0 Å². The van der Waals surface area contributed by atoms with Gasteiger partial charge in [0, 0.05) is 6.07 Å². The van der Waals surface area contributed by atoms with Gasteiger partial charge in [-0.3, -0.25) is 4.79 Å². The maximum atomic E-state index is 10.4. The monoisotopic (exact) mass is 509 g/mol. The standard InChI is InChI=1S/C13H13Cl2N2O2Si.C5H4ClNO.ClH.H2O/c1-20(8-16-10(14)4-2-6-12(16)18-20)9-17-11(15)5-3-7-13(17)19-20;6-4-2-1-3-5(8)7-4;;/h2-7H,8-9H2,1H3;1-3H,(H,7,8);1H;1H2/q+1;;;/p-1. The number of nitrogens with one attached hydrogen (secondary N) is 1. The van der Waals surface area contributed by atoms with Gasteiger partial charge in [0.2, 0.25) is 5.56 Å². The van der Waals surface area contributed by atoms with E-state index in [9.17, 15) is 4.79 Å². The van der Waals surface area contributed by atoms with Crippen LogP contribution in [0.5, 0.6) is 11.8 Å². The molecule has 7 nitrogen and oxygen atoms in total. The summed E-state index contributed by atoms with van der Waals surface area (Å²) < 4.78 is 16.5. The average molecular weight is 511 g/mol. The molecule has 0 amide bonds. The van der Waals surface area contributed by atoms with E-state index in [1.54, 1.807) is 12.1 Å². The molecule has 3 aromatic rings. The molecule has 0 aliphatic carbocycles. The summed E-state index contributed by atoms with van der Waals surface area (Å²) in [6.45, 7) is 2.09. The minimum Gasteiger partial charge on any atom is -1.00 e. The number of hydrogen-bond donors (Lipinski definition) is 1. The number of fused-ring (bicyclic) bond motifs is 2. The van der Waals surface area contributed by atoms with Gasteiger partial charge >= 0.3 is 126 Å². The first-order valence-electron chi connectivity index (χ1n) is 8.55. The Morgan fingerprint density at radius 1 is 0.867 bits per heavy atom. The average Bonchev–Trinajstić information content (AvgIpc) is 3.10. The van der Waals surface area contributed by atoms with Crippen LogP contribution in [0.25, 0.3) is 0 Å². The van der Waals surface area contributed by atoms with E-state index in [1.807, 2.05) is 45.5 Å². The van der Waals surface area contributed by atoms with Crippen molar-refractivity contribution < 1.29 is 35.9 Å². The van der Waals surface area contributed by atoms with E-state index in [-0.39, 0.29) is 23.4 Å². The van der Waals surface area contributed by atoms with Gasteiger partial charge in [-0.2, -0.15) is 0 Å². The first-order valence-corrected chi connectivity index (χ1v) is 12.9. The zero-order valence-corrected chi connectivity index (χ0v) is 19.8. The first-order chi connectivity index (χ1) is 13.3. The van der Waals surface area contributed by atoms with Crippen molar-refractivity contribution in [2.24, 2.45) is 0 Å². The van der Waals surface area contributed by atoms with Gasteiger partial charge in [0.15, 0.2) is 0 Å². The van der Waals surface area contributed by atoms with E-state index < -0.39 is 7.84 Å². The second kappa shape index (κ2) is 8.74. The molecule has 3 aromatic heterocycles. The Kier molecular flexibility index (Phi) is 7.12. The number of H-pyrrole nitrogens is 1. The smallest absolute Gasteiger partial charge is 0.249 e. The third-order valence-corrected chi connectivity index (χ3v) is 9.30. The van der Waals surface area contributed by atoms with Gasteiger partial charge in [-0.15, -0.1) is 0 Å². The fourth-order valence-corrected chi connectivity index (χ4v) is 8.47. The molecule has 0 radical (unpaired) electrons. The van der Waals surface area contributed by atoms with Gasteiger partial charge in [0.25, 0.3) is 0 Å². The van der Waals surface area contributed by atoms with Gasteiger partial charge in [-0.1, -0.05) is 17.7 Å². The van der Waals surface area contributed by atoms with Crippen LogP contribution in [0.4, 0.5) is 0 Å². The second-order valence-corrected chi connectivity index (χ2v) is 13.4. The van der Waals surface area contributed by atoms with Gasteiger partial charge in [-0.25, -0.2) is 0 Å². The van der Waals surface area contributed by atoms with Crippen molar-refractivity contribution in [2.45, 2.75) is 18.9 Å². The summed E-state index contributed by atoms with van der Waals surface area (Å²) >= 11 is 17.9. The summed E-state index contributed by atoms with van der Waals surface area (Å²) in [7, 11) is -3.15. The molecule has 0 unspecified atom stereocenters. The van der Waals surface area contributed by atoms with Crippen LogP contribution in [-0.4, -0.2) is 18.3 Å². The molecule has 162 valence electrons. The third-order valence-electron chi connectivity index (χ3n) is 4.63. The Bertz CT molecular complexity index is 1080. The molecule has 0 saturated heterocycles. The summed E-state index contributed by atoms with van der Waals surface area (Å²) in [6.07, 6.45) is 1.32. The summed E-state index contributed by atoms with van der Waals surface area (Å²) in [6, 6.07) is 15.9. The zero-order valence-electron chi connectivity index (χ0n) is 15.7. The number of hydrogen-bond acceptors (Lipinski definition) is 3. The van der Waals surface area contributed by atoms with Crippen molar-refractivity contribution in [3.63, 3.8) is 0 Å². The second-order valence-electron chi connectivity index (χ2n) is 7.14. The van der Waals surface area contributed by atoms with Crippen LogP contribution in [0.2, 0.25) is 22.0 Å². The Hall–Kier alpha value is -1.81. The van der Waals surface area contributed by atoms with E-state index in [2.05, 4.69) is 11.5 Å². The Balaban J connectivity index is 0.000000275. The van der Waals surface area contributed by atoms with Crippen LogP contribution < -0.4 is 36.0 Å². The summed E-state index contributed by atoms with van der Waals surface area (Å²) in [5, 5.41) is 1.69. The van der Waals surface area contributed by atoms with Gasteiger partial charge in [0.1, 0.15) is 5.15 Å². The van der Waals surface area contributed by atoms with Crippen LogP contribution in [0.3, 0.4) is 0 Å². The molecule has 2 aliphatic heterocycles. The first kappa shape index (κ1) is 24.5. The molecule has 2 aliphatic rings. The largest absolute Gasteiger partial charge is 1.00 e. The Morgan fingerprint density at radius 2 is 1.33 bits per heavy atom. The van der Waals surface area contributed by atoms with Crippen molar-refractivity contribution in [1.82, 2.24) is 4.98 Å². The van der Waals surface area contributed by atoms with Crippen LogP contribution in [-0.2, 0) is 12.3 Å². The predicted octanol–water partition coefficient (Wildman–Crippen LogP) is -0.635. The molecule has 0 fully saturated rings. The quantitative estimate of drug-likeness (QED) is 0.248. The molecule has 0 bridgehead atoms. The minimum absolute atomic E-state index is 0. The van der Waals surface area contributed by atoms with Crippen LogP contribution >= 0.6 is 34.8 Å². The molecule has 5 rings (SSSR count). The molecule has 0 saturated carbocycles. The minimum atomic E-state index is -3.15. The van der Waals surface area contributed by atoms with Gasteiger partial charge in [-0.05, 0) is 6.07 Å². The number of aromatic amines is 1. The molecule has 1 spiro atoms. The maximum Gasteiger partial charge on any atom is 0.249 e. The normalized spacial score (nSPS) is 17.3. The van der Waals surface area contributed by atoms with E-state index in [0.717, 1.165) is 11.8 Å². The molecule has 12 heteroatoms. The number of aromatic nitrogens is 3. The molecule has 5 heterocycles. The van der Waals surface area contributed by atoms with E-state index in [0.29, 0.717) is 27.8 Å². The number of pyridine rings is 3. The fourth-order valence-electron chi connectivity index (χ4n) is 3.48. The number of halogens is 4. The molecule has 0 aromatic carbocycles. The van der Waals surface area contributed by atoms with Crippen molar-refractivity contribution >= 4 is 42.6 Å². The van der Waals surface area contributed by atoms with E-state index in [4.69, 9.17) is 43.7 Å². The summed E-state index contributed by atoms with van der Waals surface area (Å²) in [5.41, 5.74) is -0.169. The maximum absolute atomic E-state index is 10.4. The molecule has 0 atom stereocenters. The zero-order chi connectivity index (χ0) is 20.0. The fraction of sp³-hybridized carbons (Fsp3) is 0.167. The topological polar surface area (TPSA) is 90.6 Å². The molecule has 3 N–H and O–H groups in total. The number of rotatable bonds is 0. The Morgan fingerprint density at radius 3 is 1.70 bits per heavy atom. The van der Waals surface area contributed by atoms with Gasteiger partial charge in [0.05, 0.1) is 0 Å². The number of nitrogens with zero attached hydrogens (tertiary/aromatic N) is 2. The molecule has 30 heavy (non-hydrogen) atoms. The van der Waals surface area contributed by atoms with Crippen LogP contribution in [0.15, 0.2) is 59.4 Å². The van der Waals surface area contributed by atoms with Crippen molar-refractivity contribution in [3.8, 4) is 11.8 Å². The third kappa shape index (κ3) is 4.59.